The van der Waals surface area contributed by atoms with Gasteiger partial charge in [0.05, 0.1) is 6.10 Å². The minimum absolute atomic E-state index is 0.178. The van der Waals surface area contributed by atoms with Gasteiger partial charge in [0, 0.05) is 12.4 Å². The summed E-state index contributed by atoms with van der Waals surface area (Å²) in [6.07, 6.45) is 5.38. The van der Waals surface area contributed by atoms with Crippen molar-refractivity contribution in [3.63, 3.8) is 0 Å². The molecule has 0 bridgehead atoms. The maximum absolute atomic E-state index is 10.6. The van der Waals surface area contributed by atoms with E-state index in [1.54, 1.807) is 17.0 Å². The van der Waals surface area contributed by atoms with Gasteiger partial charge in [-0.15, -0.1) is 0 Å². The number of aromatic nitrogens is 1. The predicted octanol–water partition coefficient (Wildman–Crippen LogP) is 0.417. The van der Waals surface area contributed by atoms with Crippen LogP contribution in [0.1, 0.15) is 24.5 Å². The van der Waals surface area contributed by atoms with Gasteiger partial charge in [-0.1, -0.05) is 0 Å². The number of nitrogens with two attached hydrogens (primary N) is 1. The van der Waals surface area contributed by atoms with Crippen LogP contribution in [0.15, 0.2) is 18.5 Å². The molecule has 14 heavy (non-hydrogen) atoms. The Labute approximate surface area is 82.3 Å². The summed E-state index contributed by atoms with van der Waals surface area (Å²) >= 11 is 0. The molecule has 0 spiro atoms. The summed E-state index contributed by atoms with van der Waals surface area (Å²) < 4.78 is 1.70. The maximum Gasteiger partial charge on any atom is 0.237 e. The lowest BCUT2D eigenvalue weighted by atomic mass is 10.1. The minimum Gasteiger partial charge on any atom is -0.388 e. The van der Waals surface area contributed by atoms with Gasteiger partial charge in [-0.25, -0.2) is 0 Å². The molecular weight excluding hydrogens is 180 g/mol. The van der Waals surface area contributed by atoms with Gasteiger partial charge < -0.3 is 15.4 Å². The van der Waals surface area contributed by atoms with Gasteiger partial charge in [-0.3, -0.25) is 4.79 Å². The summed E-state index contributed by atoms with van der Waals surface area (Å²) in [5, 5.41) is 9.78. The van der Waals surface area contributed by atoms with Crippen LogP contribution >= 0.6 is 0 Å². The Kier molecular flexibility index (Phi) is 2.29. The number of carbonyl (C=O) groups is 1. The highest BCUT2D eigenvalue weighted by Gasteiger charge is 2.31. The largest absolute Gasteiger partial charge is 0.388 e. The van der Waals surface area contributed by atoms with E-state index in [0.717, 1.165) is 18.4 Å². The molecule has 1 aromatic rings. The quantitative estimate of drug-likeness (QED) is 0.729. The van der Waals surface area contributed by atoms with Gasteiger partial charge in [-0.2, -0.15) is 0 Å². The summed E-state index contributed by atoms with van der Waals surface area (Å²) in [5.41, 5.74) is 5.94. The first kappa shape index (κ1) is 9.27. The lowest BCUT2D eigenvalue weighted by molar-refractivity contribution is -0.118. The second-order valence-electron chi connectivity index (χ2n) is 3.87. The molecule has 1 aromatic heterocycles. The number of rotatable bonds is 4. The molecule has 1 atom stereocenters. The van der Waals surface area contributed by atoms with E-state index >= 15 is 0 Å². The fourth-order valence-corrected chi connectivity index (χ4v) is 1.60. The molecule has 4 heteroatoms. The van der Waals surface area contributed by atoms with Gasteiger partial charge in [0.15, 0.2) is 0 Å². The fourth-order valence-electron chi connectivity index (χ4n) is 1.60. The summed E-state index contributed by atoms with van der Waals surface area (Å²) in [7, 11) is 0. The lowest BCUT2D eigenvalue weighted by Gasteiger charge is -2.05. The molecule has 3 N–H and O–H groups in total. The van der Waals surface area contributed by atoms with Crippen LogP contribution in [0.25, 0.3) is 0 Å². The second-order valence-corrected chi connectivity index (χ2v) is 3.87. The molecule has 1 heterocycles. The van der Waals surface area contributed by atoms with E-state index < -0.39 is 0 Å². The Morgan fingerprint density at radius 1 is 1.71 bits per heavy atom. The van der Waals surface area contributed by atoms with E-state index in [9.17, 15) is 9.90 Å². The zero-order valence-electron chi connectivity index (χ0n) is 7.89. The molecule has 0 radical (unpaired) electrons. The van der Waals surface area contributed by atoms with Crippen LogP contribution in [0.3, 0.4) is 0 Å². The van der Waals surface area contributed by atoms with Gasteiger partial charge in [-0.05, 0) is 30.4 Å². The topological polar surface area (TPSA) is 68.2 Å². The standard InChI is InChI=1S/C10H14N2O2/c11-9(13)6-12-4-3-8(5-12)10(14)7-1-2-7/h3-5,7,10,14H,1-2,6H2,(H2,11,13). The van der Waals surface area contributed by atoms with Crippen molar-refractivity contribution in [1.29, 1.82) is 0 Å². The van der Waals surface area contributed by atoms with Crippen molar-refractivity contribution in [2.75, 3.05) is 0 Å². The van der Waals surface area contributed by atoms with Crippen LogP contribution < -0.4 is 5.73 Å². The molecule has 1 aliphatic rings. The third-order valence-electron chi connectivity index (χ3n) is 2.52. The van der Waals surface area contributed by atoms with Crippen LogP contribution in [0, 0.1) is 5.92 Å². The molecule has 1 aliphatic carbocycles. The van der Waals surface area contributed by atoms with Crippen molar-refractivity contribution in [2.45, 2.75) is 25.5 Å². The van der Waals surface area contributed by atoms with E-state index in [2.05, 4.69) is 0 Å². The van der Waals surface area contributed by atoms with E-state index in [0.29, 0.717) is 5.92 Å². The monoisotopic (exact) mass is 194 g/mol. The first-order valence-corrected chi connectivity index (χ1v) is 4.79. The number of primary amides is 1. The zero-order valence-corrected chi connectivity index (χ0v) is 7.89. The number of hydrogen-bond acceptors (Lipinski definition) is 2. The van der Waals surface area contributed by atoms with Gasteiger partial charge >= 0.3 is 0 Å². The maximum atomic E-state index is 10.6. The van der Waals surface area contributed by atoms with Gasteiger partial charge in [0.25, 0.3) is 0 Å². The number of carbonyl (C=O) groups excluding carboxylic acids is 1. The molecule has 1 fully saturated rings. The highest BCUT2D eigenvalue weighted by Crippen LogP contribution is 2.40. The molecule has 1 unspecified atom stereocenters. The Morgan fingerprint density at radius 2 is 2.43 bits per heavy atom. The van der Waals surface area contributed by atoms with Crippen LogP contribution in [-0.2, 0) is 11.3 Å². The van der Waals surface area contributed by atoms with E-state index in [4.69, 9.17) is 5.73 Å². The number of hydrogen-bond donors (Lipinski definition) is 2. The summed E-state index contributed by atoms with van der Waals surface area (Å²) in [5.74, 6) is 0.0486. The summed E-state index contributed by atoms with van der Waals surface area (Å²) in [6, 6.07) is 1.84. The molecule has 1 amide bonds. The number of aliphatic hydroxyl groups excluding tert-OH is 1. The van der Waals surface area contributed by atoms with Crippen LogP contribution in [0.4, 0.5) is 0 Å². The minimum atomic E-state index is -0.371. The van der Waals surface area contributed by atoms with E-state index in [1.165, 1.54) is 0 Å². The normalized spacial score (nSPS) is 18.1. The van der Waals surface area contributed by atoms with E-state index in [-0.39, 0.29) is 18.6 Å². The average Bonchev–Trinajstić information content (AvgIpc) is 2.86. The first-order valence-electron chi connectivity index (χ1n) is 4.79. The molecule has 0 saturated heterocycles. The molecule has 1 saturated carbocycles. The average molecular weight is 194 g/mol. The van der Waals surface area contributed by atoms with Crippen LogP contribution in [0.2, 0.25) is 0 Å². The van der Waals surface area contributed by atoms with Crippen molar-refractivity contribution < 1.29 is 9.90 Å². The number of aliphatic hydroxyl groups is 1. The SMILES string of the molecule is NC(=O)Cn1ccc(C(O)C2CC2)c1. The summed E-state index contributed by atoms with van der Waals surface area (Å²) in [4.78, 5) is 10.6. The Bertz CT molecular complexity index is 342. The van der Waals surface area contributed by atoms with Crippen molar-refractivity contribution >= 4 is 5.91 Å². The Balaban J connectivity index is 2.04. The Hall–Kier alpha value is -1.29. The third kappa shape index (κ3) is 1.96. The second kappa shape index (κ2) is 3.46. The highest BCUT2D eigenvalue weighted by molar-refractivity contribution is 5.73. The van der Waals surface area contributed by atoms with E-state index in [1.807, 2.05) is 6.07 Å². The molecule has 4 nitrogen and oxygen atoms in total. The number of amides is 1. The Morgan fingerprint density at radius 3 is 3.00 bits per heavy atom. The highest BCUT2D eigenvalue weighted by atomic mass is 16.3. The van der Waals surface area contributed by atoms with Crippen molar-refractivity contribution in [3.05, 3.63) is 24.0 Å². The fraction of sp³-hybridized carbons (Fsp3) is 0.500. The first-order chi connectivity index (χ1) is 6.66. The lowest BCUT2D eigenvalue weighted by Crippen LogP contribution is -2.17. The molecule has 76 valence electrons. The molecule has 2 rings (SSSR count). The molecule has 0 aromatic carbocycles. The van der Waals surface area contributed by atoms with Crippen molar-refractivity contribution in [3.8, 4) is 0 Å². The summed E-state index contributed by atoms with van der Waals surface area (Å²) in [6.45, 7) is 0.178. The van der Waals surface area contributed by atoms with Gasteiger partial charge in [0.1, 0.15) is 6.54 Å². The zero-order chi connectivity index (χ0) is 10.1. The van der Waals surface area contributed by atoms with Crippen molar-refractivity contribution in [2.24, 2.45) is 11.7 Å². The third-order valence-corrected chi connectivity index (χ3v) is 2.52. The van der Waals surface area contributed by atoms with Crippen molar-refractivity contribution in [1.82, 2.24) is 4.57 Å². The molecular formula is C10H14N2O2. The predicted molar refractivity (Wildman–Crippen MR) is 51.3 cm³/mol. The van der Waals surface area contributed by atoms with Crippen LogP contribution in [-0.4, -0.2) is 15.6 Å². The number of nitrogens with zero attached hydrogens (tertiary/aromatic N) is 1. The molecule has 0 aliphatic heterocycles. The smallest absolute Gasteiger partial charge is 0.237 e. The van der Waals surface area contributed by atoms with Crippen LogP contribution in [0.5, 0.6) is 0 Å². The van der Waals surface area contributed by atoms with Gasteiger partial charge in [0.2, 0.25) is 5.91 Å².